The second kappa shape index (κ2) is 8.50. The number of fused-ring (bicyclic) bond motifs is 1. The summed E-state index contributed by atoms with van der Waals surface area (Å²) in [5, 5.41) is 0.849. The quantitative estimate of drug-likeness (QED) is 0.344. The van der Waals surface area contributed by atoms with E-state index in [4.69, 9.17) is 0 Å². The summed E-state index contributed by atoms with van der Waals surface area (Å²) in [6.45, 7) is 3.13. The van der Waals surface area contributed by atoms with Crippen molar-refractivity contribution in [2.45, 2.75) is 19.9 Å². The molecular weight excluding hydrogens is 516 g/mol. The number of imide groups is 1. The number of carbonyl (C=O) groups is 2. The number of thioether (sulfide) groups is 1. The van der Waals surface area contributed by atoms with Crippen LogP contribution in [0.15, 0.2) is 62.5 Å². The average molecular weight is 534 g/mol. The molecule has 0 unspecified atom stereocenters. The largest absolute Gasteiger partial charge is 0.342 e. The van der Waals surface area contributed by atoms with Crippen LogP contribution >= 0.6 is 43.6 Å². The highest BCUT2D eigenvalue weighted by Gasteiger charge is 2.34. The molecule has 4 rings (SSSR count). The molecule has 0 bridgehead atoms. The first-order valence-corrected chi connectivity index (χ1v) is 11.6. The average Bonchev–Trinajstić information content (AvgIpc) is 3.16. The van der Waals surface area contributed by atoms with Gasteiger partial charge >= 0.3 is 0 Å². The molecule has 7 heteroatoms. The van der Waals surface area contributed by atoms with Crippen LogP contribution in [-0.2, 0) is 11.3 Å². The molecule has 29 heavy (non-hydrogen) atoms. The number of aromatic nitrogens is 1. The topological polar surface area (TPSA) is 42.3 Å². The van der Waals surface area contributed by atoms with E-state index in [0.717, 1.165) is 50.1 Å². The fourth-order valence-corrected chi connectivity index (χ4v) is 4.87. The third-order valence-corrected chi connectivity index (χ3v) is 6.68. The highest BCUT2D eigenvalue weighted by Crippen LogP contribution is 2.35. The lowest BCUT2D eigenvalue weighted by Crippen LogP contribution is -2.28. The van der Waals surface area contributed by atoms with Crippen LogP contribution in [0.2, 0.25) is 0 Å². The molecule has 1 aliphatic rings. The number of carbonyl (C=O) groups excluding carboxylic acids is 2. The molecule has 0 spiro atoms. The summed E-state index contributed by atoms with van der Waals surface area (Å²) in [5.74, 6) is -0.203. The predicted molar refractivity (Wildman–Crippen MR) is 126 cm³/mol. The summed E-state index contributed by atoms with van der Waals surface area (Å²) in [6.07, 6.45) is 4.64. The minimum Gasteiger partial charge on any atom is -0.342 e. The Morgan fingerprint density at radius 3 is 2.48 bits per heavy atom. The van der Waals surface area contributed by atoms with Gasteiger partial charge < -0.3 is 4.57 Å². The molecule has 4 nitrogen and oxygen atoms in total. The van der Waals surface area contributed by atoms with Crippen molar-refractivity contribution in [3.63, 3.8) is 0 Å². The van der Waals surface area contributed by atoms with Gasteiger partial charge in [-0.3, -0.25) is 14.5 Å². The lowest BCUT2D eigenvalue weighted by molar-refractivity contribution is -0.122. The Balaban J connectivity index is 1.75. The fraction of sp³-hybridized carbons (Fsp3) is 0.182. The van der Waals surface area contributed by atoms with Gasteiger partial charge in [0.2, 0.25) is 0 Å². The summed E-state index contributed by atoms with van der Waals surface area (Å²) in [4.78, 5) is 26.6. The maximum atomic E-state index is 12.6. The van der Waals surface area contributed by atoms with Gasteiger partial charge in [0.15, 0.2) is 0 Å². The second-order valence-electron chi connectivity index (χ2n) is 6.83. The number of halogens is 2. The first-order chi connectivity index (χ1) is 14.0. The summed E-state index contributed by atoms with van der Waals surface area (Å²) >= 11 is 8.03. The Hall–Kier alpha value is -1.83. The van der Waals surface area contributed by atoms with E-state index in [0.29, 0.717) is 11.4 Å². The number of hydrogen-bond donors (Lipinski definition) is 0. The van der Waals surface area contributed by atoms with E-state index < -0.39 is 0 Å². The molecule has 1 saturated heterocycles. The number of benzene rings is 2. The molecule has 148 valence electrons. The van der Waals surface area contributed by atoms with Crippen LogP contribution in [-0.4, -0.2) is 27.2 Å². The Morgan fingerprint density at radius 2 is 1.76 bits per heavy atom. The normalized spacial score (nSPS) is 15.8. The minimum atomic E-state index is -0.203. The Morgan fingerprint density at radius 1 is 1.03 bits per heavy atom. The zero-order chi connectivity index (χ0) is 20.5. The summed E-state index contributed by atoms with van der Waals surface area (Å²) in [7, 11) is 0. The van der Waals surface area contributed by atoms with Gasteiger partial charge in [-0.1, -0.05) is 50.9 Å². The van der Waals surface area contributed by atoms with Crippen molar-refractivity contribution < 1.29 is 9.59 Å². The lowest BCUT2D eigenvalue weighted by atomic mass is 10.1. The third-order valence-electron chi connectivity index (χ3n) is 4.75. The highest BCUT2D eigenvalue weighted by molar-refractivity contribution is 9.10. The Bertz CT molecular complexity index is 1140. The summed E-state index contributed by atoms with van der Waals surface area (Å²) in [5.41, 5.74) is 3.19. The molecule has 0 saturated carbocycles. The molecule has 2 amide bonds. The number of nitrogens with zero attached hydrogens (tertiary/aromatic N) is 2. The Labute approximate surface area is 190 Å². The van der Waals surface area contributed by atoms with Crippen molar-refractivity contribution in [2.24, 2.45) is 0 Å². The van der Waals surface area contributed by atoms with Gasteiger partial charge in [0.25, 0.3) is 11.1 Å². The van der Waals surface area contributed by atoms with Gasteiger partial charge in [0.05, 0.1) is 4.91 Å². The first kappa shape index (κ1) is 20.4. The van der Waals surface area contributed by atoms with Crippen molar-refractivity contribution in [3.05, 3.63) is 73.6 Å². The van der Waals surface area contributed by atoms with E-state index in [2.05, 4.69) is 60.7 Å². The zero-order valence-electron chi connectivity index (χ0n) is 15.7. The SMILES string of the molecule is CCCN1C(=O)S/C(=C\c2cn(Cc3ccc(Br)cc3)c3ccc(Br)cc23)C1=O. The van der Waals surface area contributed by atoms with Crippen LogP contribution in [0.25, 0.3) is 17.0 Å². The summed E-state index contributed by atoms with van der Waals surface area (Å²) < 4.78 is 4.19. The standard InChI is InChI=1S/C22H18Br2N2O2S/c1-2-9-26-21(27)20(29-22(26)28)10-15-13-25(12-14-3-5-16(23)6-4-14)19-8-7-17(24)11-18(15)19/h3-8,10-11,13H,2,9,12H2,1H3/b20-10-. The lowest BCUT2D eigenvalue weighted by Gasteiger charge is -2.09. The van der Waals surface area contributed by atoms with Gasteiger partial charge in [-0.25, -0.2) is 0 Å². The second-order valence-corrected chi connectivity index (χ2v) is 9.66. The van der Waals surface area contributed by atoms with Gasteiger partial charge in [-0.05, 0) is 60.2 Å². The maximum Gasteiger partial charge on any atom is 0.293 e. The van der Waals surface area contributed by atoms with Crippen LogP contribution in [0.4, 0.5) is 4.79 Å². The van der Waals surface area contributed by atoms with Crippen molar-refractivity contribution in [2.75, 3.05) is 6.54 Å². The van der Waals surface area contributed by atoms with Crippen molar-refractivity contribution in [1.29, 1.82) is 0 Å². The Kier molecular flexibility index (Phi) is 5.99. The molecule has 1 aliphatic heterocycles. The molecule has 0 atom stereocenters. The molecule has 0 N–H and O–H groups in total. The van der Waals surface area contributed by atoms with E-state index in [1.807, 2.05) is 37.4 Å². The van der Waals surface area contributed by atoms with E-state index in [1.165, 1.54) is 10.5 Å². The van der Waals surface area contributed by atoms with Gasteiger partial charge in [-0.15, -0.1) is 0 Å². The number of hydrogen-bond acceptors (Lipinski definition) is 3. The van der Waals surface area contributed by atoms with Crippen LogP contribution in [0.1, 0.15) is 24.5 Å². The first-order valence-electron chi connectivity index (χ1n) is 9.24. The number of rotatable bonds is 5. The molecule has 1 fully saturated rings. The van der Waals surface area contributed by atoms with Crippen LogP contribution in [0, 0.1) is 0 Å². The van der Waals surface area contributed by atoms with Crippen molar-refractivity contribution in [1.82, 2.24) is 9.47 Å². The highest BCUT2D eigenvalue weighted by atomic mass is 79.9. The van der Waals surface area contributed by atoms with Gasteiger partial charge in [0, 0.05) is 44.7 Å². The zero-order valence-corrected chi connectivity index (χ0v) is 19.7. The predicted octanol–water partition coefficient (Wildman–Crippen LogP) is 6.66. The van der Waals surface area contributed by atoms with Crippen molar-refractivity contribution in [3.8, 4) is 0 Å². The third kappa shape index (κ3) is 4.22. The summed E-state index contributed by atoms with van der Waals surface area (Å²) in [6, 6.07) is 14.4. The van der Waals surface area contributed by atoms with Crippen LogP contribution < -0.4 is 0 Å². The van der Waals surface area contributed by atoms with E-state index in [1.54, 1.807) is 0 Å². The smallest absolute Gasteiger partial charge is 0.293 e. The molecule has 3 aromatic rings. The molecule has 2 heterocycles. The van der Waals surface area contributed by atoms with E-state index in [-0.39, 0.29) is 11.1 Å². The van der Waals surface area contributed by atoms with Crippen LogP contribution in [0.3, 0.4) is 0 Å². The molecule has 0 aliphatic carbocycles. The molecule has 1 aromatic heterocycles. The van der Waals surface area contributed by atoms with E-state index in [9.17, 15) is 9.59 Å². The molecule has 0 radical (unpaired) electrons. The minimum absolute atomic E-state index is 0.192. The van der Waals surface area contributed by atoms with Crippen LogP contribution in [0.5, 0.6) is 0 Å². The number of amides is 2. The fourth-order valence-electron chi connectivity index (χ4n) is 3.39. The molecule has 2 aromatic carbocycles. The van der Waals surface area contributed by atoms with Gasteiger partial charge in [-0.2, -0.15) is 0 Å². The monoisotopic (exact) mass is 532 g/mol. The molecular formula is C22H18Br2N2O2S. The van der Waals surface area contributed by atoms with E-state index >= 15 is 0 Å². The maximum absolute atomic E-state index is 12.6. The van der Waals surface area contributed by atoms with Crippen molar-refractivity contribution >= 4 is 71.7 Å². The van der Waals surface area contributed by atoms with Gasteiger partial charge in [0.1, 0.15) is 0 Å².